The predicted molar refractivity (Wildman–Crippen MR) is 55.2 cm³/mol. The average Bonchev–Trinajstić information content (AvgIpc) is 2.63. The number of rotatable bonds is 4. The number of hydrogen-bond acceptors (Lipinski definition) is 3. The Balaban J connectivity index is 2.17. The Labute approximate surface area is 83.0 Å². The normalized spacial score (nSPS) is 10.9. The maximum Gasteiger partial charge on any atom is 0.160 e. The first-order valence-corrected chi connectivity index (χ1v) is 4.85. The van der Waals surface area contributed by atoms with Crippen LogP contribution in [0.5, 0.6) is 0 Å². The maximum absolute atomic E-state index is 4.15. The highest BCUT2D eigenvalue weighted by atomic mass is 15.2. The molecule has 14 heavy (non-hydrogen) atoms. The Morgan fingerprint density at radius 3 is 3.14 bits per heavy atom. The first kappa shape index (κ1) is 9.15. The van der Waals surface area contributed by atoms with Gasteiger partial charge in [0.25, 0.3) is 0 Å². The van der Waals surface area contributed by atoms with Crippen molar-refractivity contribution in [3.05, 3.63) is 30.2 Å². The average molecular weight is 190 g/mol. The van der Waals surface area contributed by atoms with Crippen LogP contribution in [0.1, 0.15) is 12.2 Å². The number of nitrogens with zero attached hydrogens (tertiary/aromatic N) is 3. The highest BCUT2D eigenvalue weighted by molar-refractivity contribution is 5.36. The molecule has 2 aromatic heterocycles. The summed E-state index contributed by atoms with van der Waals surface area (Å²) in [6.07, 6.45) is 4.06. The van der Waals surface area contributed by atoms with E-state index in [0.717, 1.165) is 30.9 Å². The van der Waals surface area contributed by atoms with E-state index < -0.39 is 0 Å². The number of aromatic nitrogens is 3. The molecule has 4 heteroatoms. The van der Waals surface area contributed by atoms with Crippen LogP contribution in [0.25, 0.3) is 5.65 Å². The van der Waals surface area contributed by atoms with Crippen LogP contribution >= 0.6 is 0 Å². The van der Waals surface area contributed by atoms with Gasteiger partial charge in [0, 0.05) is 12.6 Å². The van der Waals surface area contributed by atoms with Crippen LogP contribution in [0.3, 0.4) is 0 Å². The van der Waals surface area contributed by atoms with Crippen LogP contribution in [0, 0.1) is 0 Å². The van der Waals surface area contributed by atoms with Gasteiger partial charge in [-0.2, -0.15) is 0 Å². The van der Waals surface area contributed by atoms with Gasteiger partial charge in [-0.1, -0.05) is 6.07 Å². The summed E-state index contributed by atoms with van der Waals surface area (Å²) in [6.45, 7) is 1.02. The van der Waals surface area contributed by atoms with E-state index in [1.54, 1.807) is 0 Å². The summed E-state index contributed by atoms with van der Waals surface area (Å²) in [4.78, 5) is 0. The van der Waals surface area contributed by atoms with Crippen molar-refractivity contribution < 1.29 is 0 Å². The molecule has 0 aromatic carbocycles. The fourth-order valence-corrected chi connectivity index (χ4v) is 1.48. The highest BCUT2D eigenvalue weighted by Crippen LogP contribution is 2.04. The Morgan fingerprint density at radius 1 is 1.36 bits per heavy atom. The third-order valence-corrected chi connectivity index (χ3v) is 2.21. The van der Waals surface area contributed by atoms with Gasteiger partial charge in [-0.15, -0.1) is 10.2 Å². The molecule has 2 aromatic rings. The number of fused-ring (bicyclic) bond motifs is 1. The third kappa shape index (κ3) is 1.75. The Morgan fingerprint density at radius 2 is 2.29 bits per heavy atom. The van der Waals surface area contributed by atoms with Crippen molar-refractivity contribution >= 4 is 5.65 Å². The second-order valence-corrected chi connectivity index (χ2v) is 3.25. The number of pyridine rings is 1. The van der Waals surface area contributed by atoms with Crippen LogP contribution in [0.15, 0.2) is 24.4 Å². The maximum atomic E-state index is 4.15. The summed E-state index contributed by atoms with van der Waals surface area (Å²) in [5.74, 6) is 1.04. The van der Waals surface area contributed by atoms with Gasteiger partial charge in [0.2, 0.25) is 0 Å². The molecule has 0 amide bonds. The first-order chi connectivity index (χ1) is 6.92. The molecule has 0 aliphatic rings. The Hall–Kier alpha value is -1.42. The van der Waals surface area contributed by atoms with E-state index in [1.807, 2.05) is 35.8 Å². The molecule has 2 heterocycles. The van der Waals surface area contributed by atoms with Crippen molar-refractivity contribution in [2.24, 2.45) is 0 Å². The molecule has 1 N–H and O–H groups in total. The summed E-state index contributed by atoms with van der Waals surface area (Å²) < 4.78 is 2.04. The molecule has 0 atom stereocenters. The number of nitrogens with one attached hydrogen (secondary N) is 1. The van der Waals surface area contributed by atoms with Crippen molar-refractivity contribution in [1.29, 1.82) is 0 Å². The Bertz CT molecular complexity index is 407. The topological polar surface area (TPSA) is 42.2 Å². The van der Waals surface area contributed by atoms with Gasteiger partial charge in [-0.05, 0) is 32.1 Å². The minimum atomic E-state index is 0.923. The van der Waals surface area contributed by atoms with Crippen molar-refractivity contribution in [1.82, 2.24) is 19.9 Å². The molecule has 0 radical (unpaired) electrons. The Kier molecular flexibility index (Phi) is 2.74. The fraction of sp³-hybridized carbons (Fsp3) is 0.400. The zero-order valence-corrected chi connectivity index (χ0v) is 8.27. The van der Waals surface area contributed by atoms with E-state index in [9.17, 15) is 0 Å². The lowest BCUT2D eigenvalue weighted by Crippen LogP contribution is -2.09. The zero-order chi connectivity index (χ0) is 9.80. The number of aryl methyl sites for hydroxylation is 1. The quantitative estimate of drug-likeness (QED) is 0.728. The standard InChI is InChI=1S/C10H14N4/c1-11-7-4-6-10-13-12-9-5-2-3-8-14(9)10/h2-3,5,8,11H,4,6-7H2,1H3. The van der Waals surface area contributed by atoms with Crippen LogP contribution < -0.4 is 5.32 Å². The SMILES string of the molecule is CNCCCc1nnc2ccccn12. The van der Waals surface area contributed by atoms with E-state index in [1.165, 1.54) is 0 Å². The minimum absolute atomic E-state index is 0.923. The van der Waals surface area contributed by atoms with Crippen molar-refractivity contribution in [3.63, 3.8) is 0 Å². The van der Waals surface area contributed by atoms with Crippen LogP contribution in [0.4, 0.5) is 0 Å². The molecule has 0 saturated carbocycles. The van der Waals surface area contributed by atoms with Gasteiger partial charge in [0.1, 0.15) is 5.82 Å². The van der Waals surface area contributed by atoms with Gasteiger partial charge in [-0.3, -0.25) is 4.40 Å². The molecule has 0 aliphatic carbocycles. The van der Waals surface area contributed by atoms with E-state index >= 15 is 0 Å². The van der Waals surface area contributed by atoms with Crippen molar-refractivity contribution in [2.75, 3.05) is 13.6 Å². The van der Waals surface area contributed by atoms with Gasteiger partial charge >= 0.3 is 0 Å². The first-order valence-electron chi connectivity index (χ1n) is 4.85. The smallest absolute Gasteiger partial charge is 0.160 e. The molecular formula is C10H14N4. The predicted octanol–water partition coefficient (Wildman–Crippen LogP) is 0.881. The molecule has 0 aliphatic heterocycles. The number of hydrogen-bond donors (Lipinski definition) is 1. The summed E-state index contributed by atoms with van der Waals surface area (Å²) in [6, 6.07) is 5.94. The molecular weight excluding hydrogens is 176 g/mol. The fourth-order valence-electron chi connectivity index (χ4n) is 1.48. The van der Waals surface area contributed by atoms with E-state index in [2.05, 4.69) is 15.5 Å². The monoisotopic (exact) mass is 190 g/mol. The summed E-state index contributed by atoms with van der Waals surface area (Å²) in [5, 5.41) is 11.4. The molecule has 0 unspecified atom stereocenters. The second-order valence-electron chi connectivity index (χ2n) is 3.25. The van der Waals surface area contributed by atoms with Gasteiger partial charge in [0.05, 0.1) is 0 Å². The van der Waals surface area contributed by atoms with E-state index in [-0.39, 0.29) is 0 Å². The summed E-state index contributed by atoms with van der Waals surface area (Å²) in [5.41, 5.74) is 0.923. The molecule has 0 bridgehead atoms. The lowest BCUT2D eigenvalue weighted by molar-refractivity contribution is 0.697. The third-order valence-electron chi connectivity index (χ3n) is 2.21. The molecule has 0 saturated heterocycles. The highest BCUT2D eigenvalue weighted by Gasteiger charge is 2.02. The summed E-state index contributed by atoms with van der Waals surface area (Å²) >= 11 is 0. The largest absolute Gasteiger partial charge is 0.320 e. The van der Waals surface area contributed by atoms with Crippen molar-refractivity contribution in [3.8, 4) is 0 Å². The van der Waals surface area contributed by atoms with Crippen LogP contribution in [0.2, 0.25) is 0 Å². The molecule has 2 rings (SSSR count). The van der Waals surface area contributed by atoms with E-state index in [4.69, 9.17) is 0 Å². The van der Waals surface area contributed by atoms with Gasteiger partial charge in [-0.25, -0.2) is 0 Å². The second kappa shape index (κ2) is 4.19. The van der Waals surface area contributed by atoms with Gasteiger partial charge < -0.3 is 5.32 Å². The van der Waals surface area contributed by atoms with Crippen molar-refractivity contribution in [2.45, 2.75) is 12.8 Å². The van der Waals surface area contributed by atoms with E-state index in [0.29, 0.717) is 0 Å². The molecule has 0 spiro atoms. The molecule has 0 fully saturated rings. The van der Waals surface area contributed by atoms with Crippen LogP contribution in [-0.2, 0) is 6.42 Å². The lowest BCUT2D eigenvalue weighted by atomic mass is 10.3. The summed E-state index contributed by atoms with van der Waals surface area (Å²) in [7, 11) is 1.96. The lowest BCUT2D eigenvalue weighted by Gasteiger charge is -1.98. The zero-order valence-electron chi connectivity index (χ0n) is 8.27. The molecule has 4 nitrogen and oxygen atoms in total. The molecule has 74 valence electrons. The van der Waals surface area contributed by atoms with Crippen LogP contribution in [-0.4, -0.2) is 28.2 Å². The minimum Gasteiger partial charge on any atom is -0.320 e. The van der Waals surface area contributed by atoms with Gasteiger partial charge in [0.15, 0.2) is 5.65 Å².